The van der Waals surface area contributed by atoms with Crippen LogP contribution >= 0.6 is 0 Å². The van der Waals surface area contributed by atoms with E-state index in [4.69, 9.17) is 9.16 Å². The topological polar surface area (TPSA) is 55.8 Å². The zero-order valence-electron chi connectivity index (χ0n) is 11.9. The van der Waals surface area contributed by atoms with E-state index in [2.05, 4.69) is 33.9 Å². The average Bonchev–Trinajstić information content (AvgIpc) is 2.66. The summed E-state index contributed by atoms with van der Waals surface area (Å²) in [5.74, 6) is -0.158. The van der Waals surface area contributed by atoms with Crippen molar-refractivity contribution in [3.8, 4) is 0 Å². The number of hydrogen-bond acceptors (Lipinski definition) is 4. The molecule has 104 valence electrons. The van der Waals surface area contributed by atoms with E-state index >= 15 is 0 Å². The van der Waals surface area contributed by atoms with Gasteiger partial charge in [-0.25, -0.2) is 0 Å². The lowest BCUT2D eigenvalue weighted by Gasteiger charge is -2.39. The summed E-state index contributed by atoms with van der Waals surface area (Å²) in [7, 11) is -1.86. The zero-order valence-corrected chi connectivity index (χ0v) is 12.9. The predicted molar refractivity (Wildman–Crippen MR) is 70.7 cm³/mol. The maximum Gasteiger partial charge on any atom is 0.306 e. The molecule has 0 amide bonds. The molecule has 1 saturated carbocycles. The smallest absolute Gasteiger partial charge is 0.306 e. The van der Waals surface area contributed by atoms with Crippen LogP contribution in [0.1, 0.15) is 33.6 Å². The first-order valence-corrected chi connectivity index (χ1v) is 9.58. The molecule has 2 rings (SSSR count). The maximum atomic E-state index is 11.3. The summed E-state index contributed by atoms with van der Waals surface area (Å²) in [6, 6.07) is 0. The Morgan fingerprint density at radius 3 is 2.56 bits per heavy atom. The van der Waals surface area contributed by atoms with Crippen LogP contribution in [0.2, 0.25) is 18.1 Å². The molecule has 0 bridgehead atoms. The van der Waals surface area contributed by atoms with Gasteiger partial charge in [-0.3, -0.25) is 4.79 Å². The molecule has 0 aromatic heterocycles. The zero-order chi connectivity index (χ0) is 13.7. The van der Waals surface area contributed by atoms with Crippen LogP contribution in [0, 0.1) is 5.92 Å². The lowest BCUT2D eigenvalue weighted by Crippen LogP contribution is -2.45. The van der Waals surface area contributed by atoms with Gasteiger partial charge in [0.15, 0.2) is 8.32 Å². The number of hydrogen-bond donors (Lipinski definition) is 1. The van der Waals surface area contributed by atoms with Crippen molar-refractivity contribution in [1.29, 1.82) is 0 Å². The molecule has 2 aliphatic rings. The van der Waals surface area contributed by atoms with E-state index in [1.54, 1.807) is 0 Å². The molecule has 4 atom stereocenters. The molecule has 4 nitrogen and oxygen atoms in total. The van der Waals surface area contributed by atoms with E-state index < -0.39 is 14.4 Å². The molecule has 1 aliphatic carbocycles. The van der Waals surface area contributed by atoms with Crippen LogP contribution in [-0.2, 0) is 14.0 Å². The second-order valence-corrected chi connectivity index (χ2v) is 11.8. The van der Waals surface area contributed by atoms with Gasteiger partial charge in [-0.1, -0.05) is 20.8 Å². The van der Waals surface area contributed by atoms with E-state index in [1.165, 1.54) is 0 Å². The van der Waals surface area contributed by atoms with Gasteiger partial charge in [-0.15, -0.1) is 0 Å². The van der Waals surface area contributed by atoms with Crippen molar-refractivity contribution in [3.05, 3.63) is 0 Å². The number of carbonyl (C=O) groups is 1. The minimum Gasteiger partial charge on any atom is -0.459 e. The fraction of sp³-hybridized carbons (Fsp3) is 0.923. The Morgan fingerprint density at radius 1 is 1.39 bits per heavy atom. The van der Waals surface area contributed by atoms with Gasteiger partial charge in [0.25, 0.3) is 0 Å². The monoisotopic (exact) mass is 272 g/mol. The first-order valence-electron chi connectivity index (χ1n) is 6.67. The summed E-state index contributed by atoms with van der Waals surface area (Å²) in [4.78, 5) is 11.3. The average molecular weight is 272 g/mol. The standard InChI is InChI=1S/C13H24O4Si/c1-13(2,3)18(4,5)17-10-7-9(14)12-8(10)6-11(15)16-12/h8-10,12,14H,6-7H2,1-5H3/t8-,9-,10-,12-/m1/s1. The van der Waals surface area contributed by atoms with Gasteiger partial charge in [0.05, 0.1) is 18.6 Å². The minimum absolute atomic E-state index is 0.0302. The van der Waals surface area contributed by atoms with Crippen molar-refractivity contribution in [2.45, 2.75) is 70.1 Å². The lowest BCUT2D eigenvalue weighted by molar-refractivity contribution is -0.144. The number of fused-ring (bicyclic) bond motifs is 1. The Kier molecular flexibility index (Phi) is 3.36. The van der Waals surface area contributed by atoms with E-state index in [-0.39, 0.29) is 29.1 Å². The third kappa shape index (κ3) is 2.35. The SMILES string of the molecule is CC(C)(C)[Si](C)(C)O[C@@H]1C[C@@H](O)[C@@H]2OC(=O)C[C@@H]21. The van der Waals surface area contributed by atoms with E-state index in [9.17, 15) is 9.90 Å². The highest BCUT2D eigenvalue weighted by Crippen LogP contribution is 2.44. The van der Waals surface area contributed by atoms with Crippen LogP contribution in [-0.4, -0.2) is 37.7 Å². The highest BCUT2D eigenvalue weighted by molar-refractivity contribution is 6.74. The molecular formula is C13H24O4Si. The molecule has 0 radical (unpaired) electrons. The highest BCUT2D eigenvalue weighted by atomic mass is 28.4. The second-order valence-electron chi connectivity index (χ2n) is 7.04. The quantitative estimate of drug-likeness (QED) is 0.617. The third-order valence-electron chi connectivity index (χ3n) is 4.67. The van der Waals surface area contributed by atoms with E-state index in [1.807, 2.05) is 0 Å². The van der Waals surface area contributed by atoms with Gasteiger partial charge in [0.2, 0.25) is 0 Å². The molecule has 0 aromatic carbocycles. The molecule has 0 unspecified atom stereocenters. The summed E-state index contributed by atoms with van der Waals surface area (Å²) >= 11 is 0. The largest absolute Gasteiger partial charge is 0.459 e. The van der Waals surface area contributed by atoms with Gasteiger partial charge in [0.1, 0.15) is 6.10 Å². The van der Waals surface area contributed by atoms with Gasteiger partial charge >= 0.3 is 5.97 Å². The fourth-order valence-electron chi connectivity index (χ4n) is 2.54. The summed E-state index contributed by atoms with van der Waals surface area (Å²) in [6.45, 7) is 11.0. The first kappa shape index (κ1) is 14.0. The van der Waals surface area contributed by atoms with Crippen LogP contribution in [0.15, 0.2) is 0 Å². The molecule has 0 spiro atoms. The first-order chi connectivity index (χ1) is 8.12. The molecule has 1 aliphatic heterocycles. The second kappa shape index (κ2) is 4.32. The molecule has 5 heteroatoms. The Morgan fingerprint density at radius 2 is 2.00 bits per heavy atom. The van der Waals surface area contributed by atoms with Crippen LogP contribution in [0.4, 0.5) is 0 Å². The molecule has 1 heterocycles. The van der Waals surface area contributed by atoms with Crippen LogP contribution in [0.3, 0.4) is 0 Å². The maximum absolute atomic E-state index is 11.3. The molecule has 1 saturated heterocycles. The van der Waals surface area contributed by atoms with Crippen molar-refractivity contribution in [2.75, 3.05) is 0 Å². The number of ether oxygens (including phenoxy) is 1. The van der Waals surface area contributed by atoms with Crippen molar-refractivity contribution in [2.24, 2.45) is 5.92 Å². The van der Waals surface area contributed by atoms with E-state index in [0.717, 1.165) is 0 Å². The van der Waals surface area contributed by atoms with Gasteiger partial charge in [0, 0.05) is 12.3 Å². The summed E-state index contributed by atoms with van der Waals surface area (Å²) in [5, 5.41) is 10.1. The number of esters is 1. The van der Waals surface area contributed by atoms with Crippen LogP contribution in [0.25, 0.3) is 0 Å². The van der Waals surface area contributed by atoms with Crippen molar-refractivity contribution in [3.63, 3.8) is 0 Å². The minimum atomic E-state index is -1.86. The summed E-state index contributed by atoms with van der Waals surface area (Å²) in [6.07, 6.45) is 0.0525. The number of aliphatic hydroxyl groups excluding tert-OH is 1. The summed E-state index contributed by atoms with van der Waals surface area (Å²) < 4.78 is 11.5. The van der Waals surface area contributed by atoms with Crippen molar-refractivity contribution < 1.29 is 19.1 Å². The Balaban J connectivity index is 2.09. The lowest BCUT2D eigenvalue weighted by atomic mass is 10.0. The Hall–Kier alpha value is -0.393. The molecule has 18 heavy (non-hydrogen) atoms. The van der Waals surface area contributed by atoms with Crippen LogP contribution in [0.5, 0.6) is 0 Å². The molecule has 2 fully saturated rings. The van der Waals surface area contributed by atoms with Gasteiger partial charge in [-0.05, 0) is 18.1 Å². The normalized spacial score (nSPS) is 36.7. The Labute approximate surface area is 110 Å². The molecule has 1 N–H and O–H groups in total. The molecular weight excluding hydrogens is 248 g/mol. The Bertz CT molecular complexity index is 347. The van der Waals surface area contributed by atoms with Crippen molar-refractivity contribution in [1.82, 2.24) is 0 Å². The molecule has 0 aromatic rings. The number of rotatable bonds is 2. The van der Waals surface area contributed by atoms with Crippen LogP contribution < -0.4 is 0 Å². The number of aliphatic hydroxyl groups is 1. The third-order valence-corrected chi connectivity index (χ3v) is 9.18. The van der Waals surface area contributed by atoms with Gasteiger partial charge < -0.3 is 14.3 Å². The summed E-state index contributed by atoms with van der Waals surface area (Å²) in [5.41, 5.74) is 0. The van der Waals surface area contributed by atoms with Crippen molar-refractivity contribution >= 4 is 14.3 Å². The number of carbonyl (C=O) groups excluding carboxylic acids is 1. The highest BCUT2D eigenvalue weighted by Gasteiger charge is 2.53. The predicted octanol–water partition coefficient (Wildman–Crippen LogP) is 2.07. The van der Waals surface area contributed by atoms with Gasteiger partial charge in [-0.2, -0.15) is 0 Å². The fourth-order valence-corrected chi connectivity index (χ4v) is 3.92. The van der Waals surface area contributed by atoms with E-state index in [0.29, 0.717) is 12.8 Å².